The van der Waals surface area contributed by atoms with Crippen LogP contribution in [0.1, 0.15) is 11.1 Å². The molecule has 0 aliphatic heterocycles. The normalized spacial score (nSPS) is 9.58. The molecule has 0 saturated carbocycles. The lowest BCUT2D eigenvalue weighted by molar-refractivity contribution is 0.306. The molecule has 0 amide bonds. The van der Waals surface area contributed by atoms with Gasteiger partial charge in [-0.3, -0.25) is 0 Å². The summed E-state index contributed by atoms with van der Waals surface area (Å²) in [6, 6.07) is 15.2. The fourth-order valence-electron chi connectivity index (χ4n) is 1.63. The highest BCUT2D eigenvalue weighted by Crippen LogP contribution is 2.24. The van der Waals surface area contributed by atoms with E-state index in [0.29, 0.717) is 23.9 Å². The molecule has 2 aromatic carbocycles. The van der Waals surface area contributed by atoms with E-state index >= 15 is 0 Å². The molecule has 2 aromatic rings. The van der Waals surface area contributed by atoms with Crippen molar-refractivity contribution in [1.82, 2.24) is 0 Å². The summed E-state index contributed by atoms with van der Waals surface area (Å²) in [4.78, 5) is 0. The zero-order chi connectivity index (χ0) is 13.5. The van der Waals surface area contributed by atoms with Gasteiger partial charge in [0, 0.05) is 11.1 Å². The Morgan fingerprint density at radius 3 is 2.58 bits per heavy atom. The molecule has 0 fully saturated rings. The van der Waals surface area contributed by atoms with Crippen LogP contribution in [0.3, 0.4) is 0 Å². The van der Waals surface area contributed by atoms with Gasteiger partial charge in [0.25, 0.3) is 0 Å². The van der Waals surface area contributed by atoms with Crippen LogP contribution in [0.15, 0.2) is 48.5 Å². The molecule has 0 spiro atoms. The van der Waals surface area contributed by atoms with Crippen molar-refractivity contribution in [1.29, 1.82) is 0 Å². The van der Waals surface area contributed by atoms with Crippen LogP contribution in [0.4, 0.5) is 0 Å². The first kappa shape index (κ1) is 13.5. The molecule has 0 aromatic heterocycles. The van der Waals surface area contributed by atoms with E-state index in [1.54, 1.807) is 6.07 Å². The van der Waals surface area contributed by atoms with Crippen molar-refractivity contribution in [2.45, 2.75) is 6.61 Å². The van der Waals surface area contributed by atoms with Gasteiger partial charge in [0.05, 0.1) is 11.6 Å². The zero-order valence-corrected chi connectivity index (χ0v) is 11.2. The molecule has 3 heteroatoms. The Morgan fingerprint density at radius 1 is 1.05 bits per heavy atom. The minimum Gasteiger partial charge on any atom is -0.487 e. The van der Waals surface area contributed by atoms with Crippen molar-refractivity contribution in [3.05, 3.63) is 64.7 Å². The Bertz CT molecular complexity index is 613. The summed E-state index contributed by atoms with van der Waals surface area (Å²) in [5.74, 6) is 6.56. The summed E-state index contributed by atoms with van der Waals surface area (Å²) < 4.78 is 5.71. The molecule has 19 heavy (non-hydrogen) atoms. The summed E-state index contributed by atoms with van der Waals surface area (Å²) in [7, 11) is 0. The van der Waals surface area contributed by atoms with Crippen molar-refractivity contribution >= 4 is 11.6 Å². The number of para-hydroxylation sites is 1. The molecule has 0 aliphatic rings. The topological polar surface area (TPSA) is 35.2 Å². The fourth-order valence-corrected chi connectivity index (χ4v) is 1.82. The number of ether oxygens (including phenoxy) is 1. The van der Waals surface area contributed by atoms with E-state index in [-0.39, 0.29) is 0 Å². The SMILES string of the molecule is NCC#Cc1ccccc1COc1ccccc1Cl. The van der Waals surface area contributed by atoms with E-state index in [1.165, 1.54) is 0 Å². The summed E-state index contributed by atoms with van der Waals surface area (Å²) >= 11 is 6.04. The maximum absolute atomic E-state index is 6.04. The van der Waals surface area contributed by atoms with Crippen LogP contribution < -0.4 is 10.5 Å². The summed E-state index contributed by atoms with van der Waals surface area (Å²) in [5.41, 5.74) is 7.34. The van der Waals surface area contributed by atoms with Crippen LogP contribution in [-0.4, -0.2) is 6.54 Å². The molecule has 0 atom stereocenters. The average Bonchev–Trinajstić information content (AvgIpc) is 2.45. The van der Waals surface area contributed by atoms with Gasteiger partial charge in [0.2, 0.25) is 0 Å². The van der Waals surface area contributed by atoms with Gasteiger partial charge in [0.1, 0.15) is 12.4 Å². The lowest BCUT2D eigenvalue weighted by Gasteiger charge is -2.09. The van der Waals surface area contributed by atoms with E-state index in [2.05, 4.69) is 11.8 Å². The highest BCUT2D eigenvalue weighted by Gasteiger charge is 2.03. The number of halogens is 1. The molecule has 2 nitrogen and oxygen atoms in total. The zero-order valence-electron chi connectivity index (χ0n) is 10.4. The molecule has 0 saturated heterocycles. The first-order chi connectivity index (χ1) is 9.31. The Balaban J connectivity index is 2.14. The average molecular weight is 272 g/mol. The van der Waals surface area contributed by atoms with Gasteiger partial charge in [-0.05, 0) is 18.2 Å². The van der Waals surface area contributed by atoms with Gasteiger partial charge in [0.15, 0.2) is 0 Å². The molecule has 0 radical (unpaired) electrons. The van der Waals surface area contributed by atoms with Crippen molar-refractivity contribution in [3.63, 3.8) is 0 Å². The largest absolute Gasteiger partial charge is 0.487 e. The van der Waals surface area contributed by atoms with E-state index in [0.717, 1.165) is 11.1 Å². The summed E-state index contributed by atoms with van der Waals surface area (Å²) in [6.07, 6.45) is 0. The van der Waals surface area contributed by atoms with E-state index in [4.69, 9.17) is 22.1 Å². The summed E-state index contributed by atoms with van der Waals surface area (Å²) in [5, 5.41) is 0.605. The monoisotopic (exact) mass is 271 g/mol. The number of hydrogen-bond donors (Lipinski definition) is 1. The van der Waals surface area contributed by atoms with Gasteiger partial charge in [-0.2, -0.15) is 0 Å². The highest BCUT2D eigenvalue weighted by molar-refractivity contribution is 6.32. The second kappa shape index (κ2) is 6.84. The number of rotatable bonds is 3. The number of nitrogens with two attached hydrogens (primary N) is 1. The minimum absolute atomic E-state index is 0.347. The quantitative estimate of drug-likeness (QED) is 0.870. The third kappa shape index (κ3) is 3.75. The first-order valence-corrected chi connectivity index (χ1v) is 6.33. The Labute approximate surface area is 118 Å². The smallest absolute Gasteiger partial charge is 0.138 e. The fraction of sp³-hybridized carbons (Fsp3) is 0.125. The lowest BCUT2D eigenvalue weighted by Crippen LogP contribution is -1.99. The van der Waals surface area contributed by atoms with Crippen molar-refractivity contribution < 1.29 is 4.74 Å². The molecule has 0 bridgehead atoms. The van der Waals surface area contributed by atoms with Crippen molar-refractivity contribution in [2.24, 2.45) is 5.73 Å². The van der Waals surface area contributed by atoms with Gasteiger partial charge in [-0.25, -0.2) is 0 Å². The second-order valence-corrected chi connectivity index (χ2v) is 4.29. The van der Waals surface area contributed by atoms with Gasteiger partial charge < -0.3 is 10.5 Å². The first-order valence-electron chi connectivity index (χ1n) is 5.95. The Hall–Kier alpha value is -1.95. The molecule has 0 unspecified atom stereocenters. The standard InChI is InChI=1S/C16H14ClNO/c17-15-9-3-4-10-16(15)19-12-14-7-2-1-6-13(14)8-5-11-18/h1-4,6-7,9-10H,11-12,18H2. The second-order valence-electron chi connectivity index (χ2n) is 3.88. The predicted molar refractivity (Wildman–Crippen MR) is 78.2 cm³/mol. The van der Waals surface area contributed by atoms with Gasteiger partial charge >= 0.3 is 0 Å². The lowest BCUT2D eigenvalue weighted by atomic mass is 10.1. The van der Waals surface area contributed by atoms with Crippen LogP contribution in [0.2, 0.25) is 5.02 Å². The Kier molecular flexibility index (Phi) is 4.85. The number of hydrogen-bond acceptors (Lipinski definition) is 2. The van der Waals surface area contributed by atoms with Crippen LogP contribution in [0.25, 0.3) is 0 Å². The maximum Gasteiger partial charge on any atom is 0.138 e. The van der Waals surface area contributed by atoms with Crippen LogP contribution >= 0.6 is 11.6 Å². The molecule has 0 heterocycles. The van der Waals surface area contributed by atoms with E-state index in [9.17, 15) is 0 Å². The molecular weight excluding hydrogens is 258 g/mol. The molecule has 2 rings (SSSR count). The van der Waals surface area contributed by atoms with Crippen LogP contribution in [-0.2, 0) is 6.61 Å². The third-order valence-electron chi connectivity index (χ3n) is 2.56. The van der Waals surface area contributed by atoms with E-state index < -0.39 is 0 Å². The number of benzene rings is 2. The maximum atomic E-state index is 6.04. The minimum atomic E-state index is 0.347. The van der Waals surface area contributed by atoms with Crippen molar-refractivity contribution in [3.8, 4) is 17.6 Å². The van der Waals surface area contributed by atoms with Crippen LogP contribution in [0, 0.1) is 11.8 Å². The molecule has 0 aliphatic carbocycles. The highest BCUT2D eigenvalue weighted by atomic mass is 35.5. The van der Waals surface area contributed by atoms with Crippen molar-refractivity contribution in [2.75, 3.05) is 6.54 Å². The summed E-state index contributed by atoms with van der Waals surface area (Å²) in [6.45, 7) is 0.777. The van der Waals surface area contributed by atoms with Gasteiger partial charge in [-0.1, -0.05) is 53.8 Å². The molecule has 2 N–H and O–H groups in total. The molecule has 96 valence electrons. The predicted octanol–water partition coefficient (Wildman–Crippen LogP) is 3.23. The molecular formula is C16H14ClNO. The van der Waals surface area contributed by atoms with Gasteiger partial charge in [-0.15, -0.1) is 0 Å². The van der Waals surface area contributed by atoms with E-state index in [1.807, 2.05) is 42.5 Å². The third-order valence-corrected chi connectivity index (χ3v) is 2.87. The van der Waals surface area contributed by atoms with Crippen LogP contribution in [0.5, 0.6) is 5.75 Å². The Morgan fingerprint density at radius 2 is 1.79 bits per heavy atom.